The van der Waals surface area contributed by atoms with Crippen molar-refractivity contribution >= 4 is 11.6 Å². The van der Waals surface area contributed by atoms with Crippen molar-refractivity contribution in [2.75, 3.05) is 5.32 Å². The summed E-state index contributed by atoms with van der Waals surface area (Å²) in [7, 11) is 0. The Kier molecular flexibility index (Phi) is 4.94. The average Bonchev–Trinajstić information content (AvgIpc) is 2.64. The number of nitrogens with zero attached hydrogens (tertiary/aromatic N) is 2. The van der Waals surface area contributed by atoms with E-state index in [1.807, 2.05) is 30.3 Å². The fourth-order valence-electron chi connectivity index (χ4n) is 2.05. The van der Waals surface area contributed by atoms with E-state index in [-0.39, 0.29) is 23.9 Å². The number of aromatic nitrogens is 2. The Balaban J connectivity index is 1.70. The first kappa shape index (κ1) is 16.5. The van der Waals surface area contributed by atoms with Crippen molar-refractivity contribution in [1.82, 2.24) is 9.97 Å². The largest absolute Gasteiger partial charge is 0.473 e. The molecule has 2 aromatic carbocycles. The Morgan fingerprint density at radius 2 is 1.84 bits per heavy atom. The standard InChI is InChI=1S/C18H13F2N3O2/c19-13-6-7-14(20)15(8-13)23-18(24)16-9-17(22-11-21-16)25-10-12-4-2-1-3-5-12/h1-9,11H,10H2,(H,23,24). The van der Waals surface area contributed by atoms with Crippen LogP contribution in [0.2, 0.25) is 0 Å². The van der Waals surface area contributed by atoms with E-state index in [9.17, 15) is 13.6 Å². The molecule has 0 saturated heterocycles. The minimum absolute atomic E-state index is 0.0262. The third-order valence-corrected chi connectivity index (χ3v) is 3.28. The Morgan fingerprint density at radius 1 is 1.04 bits per heavy atom. The third-order valence-electron chi connectivity index (χ3n) is 3.28. The molecule has 3 rings (SSSR count). The molecule has 1 N–H and O–H groups in total. The summed E-state index contributed by atoms with van der Waals surface area (Å²) in [6, 6.07) is 13.5. The zero-order chi connectivity index (χ0) is 17.6. The predicted molar refractivity (Wildman–Crippen MR) is 87.1 cm³/mol. The number of benzene rings is 2. The molecule has 0 aliphatic heterocycles. The molecule has 1 aromatic heterocycles. The summed E-state index contributed by atoms with van der Waals surface area (Å²) in [5.41, 5.74) is 0.644. The van der Waals surface area contributed by atoms with Crippen molar-refractivity contribution in [2.45, 2.75) is 6.61 Å². The second-order valence-corrected chi connectivity index (χ2v) is 5.09. The van der Waals surface area contributed by atoms with Gasteiger partial charge in [-0.15, -0.1) is 0 Å². The number of hydrogen-bond donors (Lipinski definition) is 1. The van der Waals surface area contributed by atoms with Gasteiger partial charge in [0.1, 0.15) is 30.3 Å². The van der Waals surface area contributed by atoms with E-state index < -0.39 is 17.5 Å². The molecule has 3 aromatic rings. The van der Waals surface area contributed by atoms with Crippen LogP contribution in [0.1, 0.15) is 16.1 Å². The maximum atomic E-state index is 13.6. The highest BCUT2D eigenvalue weighted by Gasteiger charge is 2.13. The second kappa shape index (κ2) is 7.48. The van der Waals surface area contributed by atoms with Crippen LogP contribution in [0, 0.1) is 11.6 Å². The molecule has 126 valence electrons. The van der Waals surface area contributed by atoms with Crippen molar-refractivity contribution in [3.05, 3.63) is 83.8 Å². The molecular weight excluding hydrogens is 328 g/mol. The summed E-state index contributed by atoms with van der Waals surface area (Å²) >= 11 is 0. The van der Waals surface area contributed by atoms with Crippen LogP contribution in [0.5, 0.6) is 5.88 Å². The highest BCUT2D eigenvalue weighted by molar-refractivity contribution is 6.03. The summed E-state index contributed by atoms with van der Waals surface area (Å²) < 4.78 is 32.3. The van der Waals surface area contributed by atoms with E-state index in [4.69, 9.17) is 4.74 Å². The lowest BCUT2D eigenvalue weighted by Crippen LogP contribution is -2.15. The molecule has 0 unspecified atom stereocenters. The lowest BCUT2D eigenvalue weighted by Gasteiger charge is -2.08. The van der Waals surface area contributed by atoms with Gasteiger partial charge in [-0.05, 0) is 17.7 Å². The second-order valence-electron chi connectivity index (χ2n) is 5.09. The van der Waals surface area contributed by atoms with Gasteiger partial charge < -0.3 is 10.1 Å². The van der Waals surface area contributed by atoms with Crippen LogP contribution in [0.15, 0.2) is 60.9 Å². The molecule has 7 heteroatoms. The van der Waals surface area contributed by atoms with Crippen molar-refractivity contribution < 1.29 is 18.3 Å². The first-order valence-electron chi connectivity index (χ1n) is 7.37. The van der Waals surface area contributed by atoms with Crippen LogP contribution < -0.4 is 10.1 Å². The lowest BCUT2D eigenvalue weighted by molar-refractivity contribution is 0.102. The molecule has 1 amide bonds. The lowest BCUT2D eigenvalue weighted by atomic mass is 10.2. The van der Waals surface area contributed by atoms with Gasteiger partial charge >= 0.3 is 0 Å². The van der Waals surface area contributed by atoms with Crippen LogP contribution in [-0.2, 0) is 6.61 Å². The number of nitrogens with one attached hydrogen (secondary N) is 1. The average molecular weight is 341 g/mol. The zero-order valence-electron chi connectivity index (χ0n) is 12.9. The van der Waals surface area contributed by atoms with Gasteiger partial charge in [-0.3, -0.25) is 4.79 Å². The minimum atomic E-state index is -0.746. The number of carbonyl (C=O) groups is 1. The number of amides is 1. The van der Waals surface area contributed by atoms with Gasteiger partial charge in [0, 0.05) is 12.1 Å². The number of hydrogen-bond acceptors (Lipinski definition) is 4. The van der Waals surface area contributed by atoms with Gasteiger partial charge in [-0.25, -0.2) is 18.7 Å². The van der Waals surface area contributed by atoms with Gasteiger partial charge in [0.25, 0.3) is 5.91 Å². The van der Waals surface area contributed by atoms with Crippen molar-refractivity contribution in [3.63, 3.8) is 0 Å². The van der Waals surface area contributed by atoms with Crippen LogP contribution >= 0.6 is 0 Å². The highest BCUT2D eigenvalue weighted by Crippen LogP contribution is 2.17. The molecule has 25 heavy (non-hydrogen) atoms. The summed E-state index contributed by atoms with van der Waals surface area (Å²) in [6.07, 6.45) is 1.16. The molecule has 0 spiro atoms. The van der Waals surface area contributed by atoms with Crippen molar-refractivity contribution in [2.24, 2.45) is 0 Å². The topological polar surface area (TPSA) is 64.1 Å². The maximum Gasteiger partial charge on any atom is 0.274 e. The van der Waals surface area contributed by atoms with Crippen LogP contribution in [0.25, 0.3) is 0 Å². The normalized spacial score (nSPS) is 10.3. The molecule has 1 heterocycles. The first-order valence-corrected chi connectivity index (χ1v) is 7.37. The Hall–Kier alpha value is -3.35. The molecule has 0 saturated carbocycles. The van der Waals surface area contributed by atoms with E-state index in [1.54, 1.807) is 0 Å². The summed E-state index contributed by atoms with van der Waals surface area (Å²) in [6.45, 7) is 0.275. The predicted octanol–water partition coefficient (Wildman–Crippen LogP) is 3.59. The maximum absolute atomic E-state index is 13.6. The van der Waals surface area contributed by atoms with E-state index in [0.717, 1.165) is 30.1 Å². The Labute approximate surface area is 142 Å². The molecule has 0 aliphatic carbocycles. The van der Waals surface area contributed by atoms with E-state index in [0.29, 0.717) is 0 Å². The number of halogens is 2. The highest BCUT2D eigenvalue weighted by atomic mass is 19.1. The van der Waals surface area contributed by atoms with Gasteiger partial charge in [0.15, 0.2) is 0 Å². The molecule has 0 radical (unpaired) electrons. The summed E-state index contributed by atoms with van der Waals surface area (Å²) in [5.74, 6) is -1.91. The SMILES string of the molecule is O=C(Nc1cc(F)ccc1F)c1cc(OCc2ccccc2)ncn1. The van der Waals surface area contributed by atoms with E-state index in [1.165, 1.54) is 6.07 Å². The summed E-state index contributed by atoms with van der Waals surface area (Å²) in [4.78, 5) is 19.9. The molecule has 0 aliphatic rings. The molecule has 0 fully saturated rings. The minimum Gasteiger partial charge on any atom is -0.473 e. The van der Waals surface area contributed by atoms with Crippen LogP contribution in [-0.4, -0.2) is 15.9 Å². The molecule has 0 bridgehead atoms. The van der Waals surface area contributed by atoms with Gasteiger partial charge in [0.05, 0.1) is 5.69 Å². The molecule has 5 nitrogen and oxygen atoms in total. The summed E-state index contributed by atoms with van der Waals surface area (Å²) in [5, 5.41) is 2.27. The van der Waals surface area contributed by atoms with Crippen LogP contribution in [0.4, 0.5) is 14.5 Å². The van der Waals surface area contributed by atoms with Crippen LogP contribution in [0.3, 0.4) is 0 Å². The monoisotopic (exact) mass is 341 g/mol. The fraction of sp³-hybridized carbons (Fsp3) is 0.0556. The number of carbonyl (C=O) groups excluding carboxylic acids is 1. The Bertz CT molecular complexity index is 888. The fourth-order valence-corrected chi connectivity index (χ4v) is 2.05. The quantitative estimate of drug-likeness (QED) is 0.770. The van der Waals surface area contributed by atoms with Crippen molar-refractivity contribution in [1.29, 1.82) is 0 Å². The zero-order valence-corrected chi connectivity index (χ0v) is 12.9. The Morgan fingerprint density at radius 3 is 2.64 bits per heavy atom. The smallest absolute Gasteiger partial charge is 0.274 e. The number of ether oxygens (including phenoxy) is 1. The third kappa shape index (κ3) is 4.35. The number of anilines is 1. The van der Waals surface area contributed by atoms with Crippen molar-refractivity contribution in [3.8, 4) is 5.88 Å². The van der Waals surface area contributed by atoms with Gasteiger partial charge in [-0.1, -0.05) is 30.3 Å². The molecule has 0 atom stereocenters. The first-order chi connectivity index (χ1) is 12.1. The van der Waals surface area contributed by atoms with E-state index >= 15 is 0 Å². The number of rotatable bonds is 5. The van der Waals surface area contributed by atoms with Gasteiger partial charge in [0.2, 0.25) is 5.88 Å². The molecular formula is C18H13F2N3O2. The van der Waals surface area contributed by atoms with Gasteiger partial charge in [-0.2, -0.15) is 0 Å². The van der Waals surface area contributed by atoms with E-state index in [2.05, 4.69) is 15.3 Å².